The third-order valence-corrected chi connectivity index (χ3v) is 3.45. The van der Waals surface area contributed by atoms with Gasteiger partial charge in [0.05, 0.1) is 11.4 Å². The first-order chi connectivity index (χ1) is 8.28. The minimum Gasteiger partial charge on any atom is -0.375 e. The second kappa shape index (κ2) is 6.02. The highest BCUT2D eigenvalue weighted by atomic mass is 32.2. The average molecular weight is 270 g/mol. The highest BCUT2D eigenvalue weighted by Crippen LogP contribution is 2.14. The molecule has 0 aromatic carbocycles. The van der Waals surface area contributed by atoms with Gasteiger partial charge in [0.2, 0.25) is 5.89 Å². The maximum Gasteiger partial charge on any atom is 0.226 e. The summed E-state index contributed by atoms with van der Waals surface area (Å²) in [7, 11) is 0. The van der Waals surface area contributed by atoms with E-state index in [-0.39, 0.29) is 0 Å². The van der Waals surface area contributed by atoms with Crippen molar-refractivity contribution in [3.05, 3.63) is 22.8 Å². The van der Waals surface area contributed by atoms with E-state index in [9.17, 15) is 0 Å². The van der Waals surface area contributed by atoms with Crippen LogP contribution in [-0.2, 0) is 18.6 Å². The van der Waals surface area contributed by atoms with Crippen molar-refractivity contribution in [2.75, 3.05) is 12.0 Å². The largest absolute Gasteiger partial charge is 0.375 e. The number of anilines is 1. The van der Waals surface area contributed by atoms with Crippen LogP contribution in [0, 0.1) is 0 Å². The van der Waals surface area contributed by atoms with Gasteiger partial charge < -0.3 is 10.3 Å². The van der Waals surface area contributed by atoms with Gasteiger partial charge in [-0.3, -0.25) is 0 Å². The number of nitrogens with two attached hydrogens (primary N) is 1. The van der Waals surface area contributed by atoms with Gasteiger partial charge in [0, 0.05) is 11.8 Å². The van der Waals surface area contributed by atoms with Crippen LogP contribution in [0.25, 0.3) is 0 Å². The number of hydrogen-bond donors (Lipinski definition) is 1. The van der Waals surface area contributed by atoms with E-state index >= 15 is 0 Å². The van der Waals surface area contributed by atoms with Gasteiger partial charge in [-0.25, -0.2) is 4.98 Å². The molecule has 0 aliphatic rings. The molecule has 0 aliphatic carbocycles. The molecule has 0 amide bonds. The molecule has 0 saturated carbocycles. The maximum absolute atomic E-state index is 5.56. The van der Waals surface area contributed by atoms with Crippen molar-refractivity contribution in [1.82, 2.24) is 15.1 Å². The topological polar surface area (TPSA) is 77.8 Å². The second-order valence-corrected chi connectivity index (χ2v) is 5.32. The molecule has 17 heavy (non-hydrogen) atoms. The molecule has 0 bridgehead atoms. The van der Waals surface area contributed by atoms with Crippen LogP contribution in [0.5, 0.6) is 0 Å². The molecule has 2 N–H and O–H groups in total. The summed E-state index contributed by atoms with van der Waals surface area (Å²) in [6.07, 6.45) is 4.65. The number of aryl methyl sites for hydroxylation is 2. The molecule has 0 aliphatic heterocycles. The zero-order valence-electron chi connectivity index (χ0n) is 9.55. The Balaban J connectivity index is 1.77. The Kier molecular flexibility index (Phi) is 4.38. The van der Waals surface area contributed by atoms with Crippen LogP contribution in [0.15, 0.2) is 9.90 Å². The molecule has 92 valence electrons. The number of hydrogen-bond acceptors (Lipinski definition) is 7. The van der Waals surface area contributed by atoms with Crippen molar-refractivity contribution in [3.63, 3.8) is 0 Å². The molecular formula is C10H14N4OS2. The lowest BCUT2D eigenvalue weighted by atomic mass is 10.2. The first-order valence-electron chi connectivity index (χ1n) is 5.28. The smallest absolute Gasteiger partial charge is 0.226 e. The Labute approximate surface area is 108 Å². The van der Waals surface area contributed by atoms with Crippen LogP contribution in [0.2, 0.25) is 0 Å². The maximum atomic E-state index is 5.56. The highest BCUT2D eigenvalue weighted by Gasteiger charge is 2.06. The van der Waals surface area contributed by atoms with Crippen molar-refractivity contribution in [1.29, 1.82) is 0 Å². The molecule has 0 atom stereocenters. The fourth-order valence-electron chi connectivity index (χ4n) is 1.44. The fourth-order valence-corrected chi connectivity index (χ4v) is 2.41. The monoisotopic (exact) mass is 270 g/mol. The van der Waals surface area contributed by atoms with E-state index < -0.39 is 0 Å². The highest BCUT2D eigenvalue weighted by molar-refractivity contribution is 7.97. The molecule has 2 aromatic rings. The van der Waals surface area contributed by atoms with Crippen LogP contribution in [0.3, 0.4) is 0 Å². The third kappa shape index (κ3) is 3.71. The van der Waals surface area contributed by atoms with Crippen LogP contribution in [-0.4, -0.2) is 21.4 Å². The van der Waals surface area contributed by atoms with E-state index in [1.807, 2.05) is 11.6 Å². The summed E-state index contributed by atoms with van der Waals surface area (Å²) < 4.78 is 5.14. The van der Waals surface area contributed by atoms with Gasteiger partial charge in [-0.15, -0.1) is 11.3 Å². The summed E-state index contributed by atoms with van der Waals surface area (Å²) >= 11 is 3.16. The molecule has 5 nitrogen and oxygen atoms in total. The number of thiazole rings is 1. The molecule has 2 rings (SSSR count). The summed E-state index contributed by atoms with van der Waals surface area (Å²) in [5.41, 5.74) is 6.60. The molecule has 0 saturated heterocycles. The first-order valence-corrected chi connectivity index (χ1v) is 7.55. The van der Waals surface area contributed by atoms with Gasteiger partial charge in [0.25, 0.3) is 0 Å². The summed E-state index contributed by atoms with van der Waals surface area (Å²) in [4.78, 5) is 8.50. The Morgan fingerprint density at radius 2 is 2.29 bits per heavy atom. The van der Waals surface area contributed by atoms with Crippen molar-refractivity contribution in [3.8, 4) is 0 Å². The predicted molar refractivity (Wildman–Crippen MR) is 70.1 cm³/mol. The number of aromatic nitrogens is 3. The van der Waals surface area contributed by atoms with Crippen LogP contribution in [0.1, 0.15) is 23.8 Å². The van der Waals surface area contributed by atoms with E-state index in [0.29, 0.717) is 11.0 Å². The van der Waals surface area contributed by atoms with Gasteiger partial charge in [-0.1, -0.05) is 5.16 Å². The van der Waals surface area contributed by atoms with Gasteiger partial charge in [-0.05, 0) is 19.1 Å². The van der Waals surface area contributed by atoms with E-state index in [1.165, 1.54) is 11.3 Å². The molecule has 0 unspecified atom stereocenters. The van der Waals surface area contributed by atoms with Crippen LogP contribution in [0.4, 0.5) is 5.13 Å². The van der Waals surface area contributed by atoms with E-state index in [2.05, 4.69) is 15.1 Å². The molecule has 2 aromatic heterocycles. The van der Waals surface area contributed by atoms with Crippen LogP contribution < -0.4 is 5.73 Å². The Bertz CT molecular complexity index is 468. The molecule has 0 spiro atoms. The Morgan fingerprint density at radius 3 is 3.00 bits per heavy atom. The normalized spacial score (nSPS) is 10.9. The zero-order valence-corrected chi connectivity index (χ0v) is 11.2. The number of rotatable bonds is 6. The second-order valence-electron chi connectivity index (χ2n) is 3.57. The Morgan fingerprint density at radius 1 is 1.41 bits per heavy atom. The Hall–Kier alpha value is -1.08. The summed E-state index contributed by atoms with van der Waals surface area (Å²) in [6.45, 7) is 0. The van der Waals surface area contributed by atoms with Crippen molar-refractivity contribution in [2.45, 2.75) is 25.0 Å². The van der Waals surface area contributed by atoms with Crippen molar-refractivity contribution in [2.24, 2.45) is 0 Å². The lowest BCUT2D eigenvalue weighted by molar-refractivity contribution is 0.371. The molecular weight excluding hydrogens is 256 g/mol. The fraction of sp³-hybridized carbons (Fsp3) is 0.500. The molecule has 2 heterocycles. The van der Waals surface area contributed by atoms with E-state index in [0.717, 1.165) is 36.5 Å². The lowest BCUT2D eigenvalue weighted by Gasteiger charge is -1.93. The minimum absolute atomic E-state index is 0.625. The summed E-state index contributed by atoms with van der Waals surface area (Å²) in [5.74, 6) is 2.27. The first kappa shape index (κ1) is 12.4. The number of thioether (sulfide) groups is 1. The molecule has 0 radical (unpaired) electrons. The average Bonchev–Trinajstić information content (AvgIpc) is 2.89. The van der Waals surface area contributed by atoms with Crippen LogP contribution >= 0.6 is 23.1 Å². The molecule has 7 heteroatoms. The number of nitrogen functional groups attached to an aromatic ring is 1. The lowest BCUT2D eigenvalue weighted by Crippen LogP contribution is -1.92. The summed E-state index contributed by atoms with van der Waals surface area (Å²) in [6, 6.07) is 0. The standard InChI is InChI=1S/C10H14N4OS2/c1-16-6-8-13-9(15-14-8)4-2-3-7-5-17-10(11)12-7/h5H,2-4,6H2,1H3,(H2,11,12). The minimum atomic E-state index is 0.625. The van der Waals surface area contributed by atoms with Crippen molar-refractivity contribution >= 4 is 28.2 Å². The van der Waals surface area contributed by atoms with Gasteiger partial charge in [0.1, 0.15) is 0 Å². The number of nitrogens with zero attached hydrogens (tertiary/aromatic N) is 3. The van der Waals surface area contributed by atoms with E-state index in [4.69, 9.17) is 10.3 Å². The molecule has 0 fully saturated rings. The predicted octanol–water partition coefficient (Wildman–Crippen LogP) is 2.15. The SMILES string of the molecule is CSCc1noc(CCCc2csc(N)n2)n1. The van der Waals surface area contributed by atoms with Crippen molar-refractivity contribution < 1.29 is 4.52 Å². The van der Waals surface area contributed by atoms with Gasteiger partial charge in [-0.2, -0.15) is 16.7 Å². The van der Waals surface area contributed by atoms with E-state index in [1.54, 1.807) is 11.8 Å². The summed E-state index contributed by atoms with van der Waals surface area (Å²) in [5, 5.41) is 6.51. The zero-order chi connectivity index (χ0) is 12.1. The van der Waals surface area contributed by atoms with Gasteiger partial charge >= 0.3 is 0 Å². The van der Waals surface area contributed by atoms with Gasteiger partial charge in [0.15, 0.2) is 11.0 Å². The quantitative estimate of drug-likeness (QED) is 0.866. The third-order valence-electron chi connectivity index (χ3n) is 2.18.